The standard InChI is InChI=1S/C17H31N3O/c1-4-20(5-2)13-7-11-19-12-10-15-8-9-17(21-6-3)16(18)14-15/h8-9,14,19H,4-7,10-13,18H2,1-3H3. The Hall–Kier alpha value is -1.26. The third-order valence-electron chi connectivity index (χ3n) is 3.69. The van der Waals surface area contributed by atoms with E-state index in [1.54, 1.807) is 0 Å². The summed E-state index contributed by atoms with van der Waals surface area (Å²) in [5.41, 5.74) is 7.96. The Morgan fingerprint density at radius 3 is 2.52 bits per heavy atom. The summed E-state index contributed by atoms with van der Waals surface area (Å²) in [6, 6.07) is 6.08. The lowest BCUT2D eigenvalue weighted by atomic mass is 10.1. The zero-order valence-corrected chi connectivity index (χ0v) is 13.8. The molecule has 0 spiro atoms. The second-order valence-corrected chi connectivity index (χ2v) is 5.19. The molecule has 3 N–H and O–H groups in total. The summed E-state index contributed by atoms with van der Waals surface area (Å²) in [7, 11) is 0. The van der Waals surface area contributed by atoms with Gasteiger partial charge in [0.05, 0.1) is 12.3 Å². The van der Waals surface area contributed by atoms with Crippen LogP contribution in [-0.4, -0.2) is 44.2 Å². The number of nitrogen functional groups attached to an aromatic ring is 1. The monoisotopic (exact) mass is 293 g/mol. The number of nitrogens with zero attached hydrogens (tertiary/aromatic N) is 1. The molecule has 21 heavy (non-hydrogen) atoms. The van der Waals surface area contributed by atoms with Gasteiger partial charge in [-0.25, -0.2) is 0 Å². The molecular formula is C17H31N3O. The fourth-order valence-electron chi connectivity index (χ4n) is 2.37. The molecule has 0 radical (unpaired) electrons. The predicted octanol–water partition coefficient (Wildman–Crippen LogP) is 2.53. The maximum atomic E-state index is 5.97. The number of ether oxygens (including phenoxy) is 1. The lowest BCUT2D eigenvalue weighted by Crippen LogP contribution is -2.27. The zero-order valence-electron chi connectivity index (χ0n) is 13.8. The van der Waals surface area contributed by atoms with Crippen molar-refractivity contribution in [2.24, 2.45) is 0 Å². The van der Waals surface area contributed by atoms with E-state index in [-0.39, 0.29) is 0 Å². The van der Waals surface area contributed by atoms with Gasteiger partial charge < -0.3 is 20.7 Å². The number of nitrogens with two attached hydrogens (primary N) is 1. The molecule has 0 saturated carbocycles. The SMILES string of the molecule is CCOc1ccc(CCNCCCN(CC)CC)cc1N. The van der Waals surface area contributed by atoms with Gasteiger partial charge >= 0.3 is 0 Å². The Kier molecular flexibility index (Phi) is 8.87. The Morgan fingerprint density at radius 2 is 1.90 bits per heavy atom. The van der Waals surface area contributed by atoms with E-state index in [1.165, 1.54) is 18.5 Å². The third-order valence-corrected chi connectivity index (χ3v) is 3.69. The topological polar surface area (TPSA) is 50.5 Å². The molecule has 0 aliphatic heterocycles. The molecule has 0 heterocycles. The maximum Gasteiger partial charge on any atom is 0.142 e. The van der Waals surface area contributed by atoms with Crippen LogP contribution in [0.25, 0.3) is 0 Å². The van der Waals surface area contributed by atoms with Gasteiger partial charge in [-0.1, -0.05) is 19.9 Å². The third kappa shape index (κ3) is 6.82. The van der Waals surface area contributed by atoms with Gasteiger partial charge in [0.2, 0.25) is 0 Å². The van der Waals surface area contributed by atoms with Gasteiger partial charge in [0, 0.05) is 0 Å². The quantitative estimate of drug-likeness (QED) is 0.486. The second-order valence-electron chi connectivity index (χ2n) is 5.19. The fourth-order valence-corrected chi connectivity index (χ4v) is 2.37. The smallest absolute Gasteiger partial charge is 0.142 e. The molecular weight excluding hydrogens is 262 g/mol. The van der Waals surface area contributed by atoms with E-state index in [0.717, 1.165) is 44.0 Å². The van der Waals surface area contributed by atoms with Crippen molar-refractivity contribution in [1.82, 2.24) is 10.2 Å². The van der Waals surface area contributed by atoms with E-state index < -0.39 is 0 Å². The highest BCUT2D eigenvalue weighted by atomic mass is 16.5. The van der Waals surface area contributed by atoms with Crippen molar-refractivity contribution in [2.75, 3.05) is 45.1 Å². The maximum absolute atomic E-state index is 5.97. The molecule has 0 unspecified atom stereocenters. The van der Waals surface area contributed by atoms with Crippen LogP contribution in [0, 0.1) is 0 Å². The highest BCUT2D eigenvalue weighted by molar-refractivity contribution is 5.54. The number of benzene rings is 1. The average Bonchev–Trinajstić information content (AvgIpc) is 2.49. The van der Waals surface area contributed by atoms with Crippen molar-refractivity contribution in [3.63, 3.8) is 0 Å². The van der Waals surface area contributed by atoms with Crippen LogP contribution < -0.4 is 15.8 Å². The summed E-state index contributed by atoms with van der Waals surface area (Å²) >= 11 is 0. The van der Waals surface area contributed by atoms with Crippen molar-refractivity contribution in [3.05, 3.63) is 23.8 Å². The van der Waals surface area contributed by atoms with Crippen molar-refractivity contribution >= 4 is 5.69 Å². The largest absolute Gasteiger partial charge is 0.492 e. The van der Waals surface area contributed by atoms with Gasteiger partial charge in [0.15, 0.2) is 0 Å². The van der Waals surface area contributed by atoms with Crippen molar-refractivity contribution in [1.29, 1.82) is 0 Å². The summed E-state index contributed by atoms with van der Waals surface area (Å²) in [4.78, 5) is 2.45. The molecule has 0 fully saturated rings. The molecule has 0 atom stereocenters. The second kappa shape index (κ2) is 10.5. The first-order valence-corrected chi connectivity index (χ1v) is 8.15. The first kappa shape index (κ1) is 17.8. The van der Waals surface area contributed by atoms with Crippen LogP contribution in [0.15, 0.2) is 18.2 Å². The average molecular weight is 293 g/mol. The van der Waals surface area contributed by atoms with Gasteiger partial charge in [0.25, 0.3) is 0 Å². The molecule has 0 aromatic heterocycles. The number of anilines is 1. The van der Waals surface area contributed by atoms with E-state index in [9.17, 15) is 0 Å². The normalized spacial score (nSPS) is 11.0. The van der Waals surface area contributed by atoms with Crippen LogP contribution in [0.2, 0.25) is 0 Å². The van der Waals surface area contributed by atoms with Gasteiger partial charge in [-0.2, -0.15) is 0 Å². The molecule has 1 aromatic carbocycles. The summed E-state index contributed by atoms with van der Waals surface area (Å²) < 4.78 is 5.45. The Morgan fingerprint density at radius 1 is 1.14 bits per heavy atom. The molecule has 1 rings (SSSR count). The van der Waals surface area contributed by atoms with Crippen LogP contribution in [0.1, 0.15) is 32.8 Å². The van der Waals surface area contributed by atoms with E-state index in [0.29, 0.717) is 6.61 Å². The van der Waals surface area contributed by atoms with E-state index >= 15 is 0 Å². The van der Waals surface area contributed by atoms with Crippen molar-refractivity contribution in [2.45, 2.75) is 33.6 Å². The highest BCUT2D eigenvalue weighted by Gasteiger charge is 2.02. The Bertz CT molecular complexity index is 392. The summed E-state index contributed by atoms with van der Waals surface area (Å²) in [6.45, 7) is 12.6. The lowest BCUT2D eigenvalue weighted by molar-refractivity contribution is 0.298. The first-order valence-electron chi connectivity index (χ1n) is 8.15. The van der Waals surface area contributed by atoms with Crippen LogP contribution in [-0.2, 0) is 6.42 Å². The first-order chi connectivity index (χ1) is 10.2. The Labute approximate surface area is 129 Å². The minimum atomic E-state index is 0.650. The van der Waals surface area contributed by atoms with E-state index in [1.807, 2.05) is 19.1 Å². The summed E-state index contributed by atoms with van der Waals surface area (Å²) in [5, 5.41) is 3.50. The van der Waals surface area contributed by atoms with Gasteiger partial charge in [-0.3, -0.25) is 0 Å². The summed E-state index contributed by atoms with van der Waals surface area (Å²) in [6.07, 6.45) is 2.20. The molecule has 0 bridgehead atoms. The number of hydrogen-bond donors (Lipinski definition) is 2. The number of nitrogens with one attached hydrogen (secondary N) is 1. The van der Waals surface area contributed by atoms with Gasteiger partial charge in [0.1, 0.15) is 5.75 Å². The zero-order chi connectivity index (χ0) is 15.5. The predicted molar refractivity (Wildman–Crippen MR) is 91.0 cm³/mol. The molecule has 0 amide bonds. The van der Waals surface area contributed by atoms with E-state index in [4.69, 9.17) is 10.5 Å². The molecule has 120 valence electrons. The minimum absolute atomic E-state index is 0.650. The van der Waals surface area contributed by atoms with Crippen LogP contribution >= 0.6 is 0 Å². The van der Waals surface area contributed by atoms with Gasteiger partial charge in [-0.05, 0) is 70.2 Å². The Balaban J connectivity index is 2.19. The molecule has 4 heteroatoms. The number of rotatable bonds is 11. The molecule has 0 saturated heterocycles. The van der Waals surface area contributed by atoms with E-state index in [2.05, 4.69) is 30.1 Å². The van der Waals surface area contributed by atoms with Crippen LogP contribution in [0.4, 0.5) is 5.69 Å². The minimum Gasteiger partial charge on any atom is -0.492 e. The highest BCUT2D eigenvalue weighted by Crippen LogP contribution is 2.22. The molecule has 4 nitrogen and oxygen atoms in total. The fraction of sp³-hybridized carbons (Fsp3) is 0.647. The molecule has 0 aliphatic carbocycles. The molecule has 1 aromatic rings. The summed E-state index contributed by atoms with van der Waals surface area (Å²) in [5.74, 6) is 0.786. The van der Waals surface area contributed by atoms with Gasteiger partial charge in [-0.15, -0.1) is 0 Å². The van der Waals surface area contributed by atoms with Crippen LogP contribution in [0.5, 0.6) is 5.75 Å². The van der Waals surface area contributed by atoms with Crippen molar-refractivity contribution in [3.8, 4) is 5.75 Å². The molecule has 0 aliphatic rings. The number of hydrogen-bond acceptors (Lipinski definition) is 4. The van der Waals surface area contributed by atoms with Crippen LogP contribution in [0.3, 0.4) is 0 Å². The lowest BCUT2D eigenvalue weighted by Gasteiger charge is -2.17. The van der Waals surface area contributed by atoms with Crippen molar-refractivity contribution < 1.29 is 4.74 Å².